The van der Waals surface area contributed by atoms with Gasteiger partial charge in [0, 0.05) is 23.4 Å². The van der Waals surface area contributed by atoms with Gasteiger partial charge in [0.05, 0.1) is 17.3 Å². The van der Waals surface area contributed by atoms with Crippen LogP contribution in [-0.4, -0.2) is 20.7 Å². The summed E-state index contributed by atoms with van der Waals surface area (Å²) in [5.41, 5.74) is -4.70. The maximum Gasteiger partial charge on any atom is 0.290 e. The van der Waals surface area contributed by atoms with Gasteiger partial charge >= 0.3 is 0 Å². The van der Waals surface area contributed by atoms with Crippen LogP contribution in [-0.2, 0) is 29.6 Å². The molecule has 6 nitrogen and oxygen atoms in total. The van der Waals surface area contributed by atoms with Crippen molar-refractivity contribution in [1.29, 1.82) is 5.26 Å². The van der Waals surface area contributed by atoms with Crippen molar-refractivity contribution in [2.24, 2.45) is 0 Å². The van der Waals surface area contributed by atoms with Crippen LogP contribution in [0.25, 0.3) is 0 Å². The van der Waals surface area contributed by atoms with Crippen LogP contribution in [0.4, 0.5) is 35.1 Å². The predicted octanol–water partition coefficient (Wildman–Crippen LogP) is 6.21. The molecule has 0 unspecified atom stereocenters. The normalized spacial score (nSPS) is 16.4. The third-order valence-electron chi connectivity index (χ3n) is 5.96. The van der Waals surface area contributed by atoms with E-state index in [1.54, 1.807) is 6.07 Å². The Morgan fingerprint density at radius 3 is 2.33 bits per heavy atom. The number of aromatic nitrogens is 3. The van der Waals surface area contributed by atoms with E-state index in [9.17, 15) is 45.2 Å². The first kappa shape index (κ1) is 28.5. The number of benzene rings is 1. The Hall–Kier alpha value is -3.54. The van der Waals surface area contributed by atoms with Gasteiger partial charge in [0.25, 0.3) is 18.3 Å². The molecule has 2 aromatic heterocycles. The summed E-state index contributed by atoms with van der Waals surface area (Å²) in [4.78, 5) is 17.1. The Bertz CT molecular complexity index is 1450. The van der Waals surface area contributed by atoms with E-state index in [1.807, 2.05) is 0 Å². The van der Waals surface area contributed by atoms with Crippen molar-refractivity contribution in [3.63, 3.8) is 0 Å². The number of fused-ring (bicyclic) bond motifs is 1. The van der Waals surface area contributed by atoms with Gasteiger partial charge in [-0.3, -0.25) is 9.48 Å². The van der Waals surface area contributed by atoms with E-state index in [4.69, 9.17) is 0 Å². The van der Waals surface area contributed by atoms with Crippen molar-refractivity contribution in [3.05, 3.63) is 80.3 Å². The number of hydrogen-bond donors (Lipinski definition) is 1. The van der Waals surface area contributed by atoms with Crippen LogP contribution in [0, 0.1) is 23.0 Å². The van der Waals surface area contributed by atoms with E-state index in [2.05, 4.69) is 31.3 Å². The van der Waals surface area contributed by atoms with Crippen molar-refractivity contribution in [2.45, 2.75) is 50.1 Å². The largest absolute Gasteiger partial charge is 0.346 e. The fourth-order valence-corrected chi connectivity index (χ4v) is 4.86. The van der Waals surface area contributed by atoms with Crippen LogP contribution in [0.3, 0.4) is 0 Å². The number of amides is 1. The van der Waals surface area contributed by atoms with Crippen molar-refractivity contribution >= 4 is 21.8 Å². The molecular formula is C24H16BrF8N5O. The molecule has 15 heteroatoms. The van der Waals surface area contributed by atoms with E-state index >= 15 is 0 Å². The Kier molecular flexibility index (Phi) is 7.70. The van der Waals surface area contributed by atoms with Gasteiger partial charge in [-0.15, -0.1) is 0 Å². The maximum atomic E-state index is 14.7. The fourth-order valence-electron chi connectivity index (χ4n) is 4.36. The van der Waals surface area contributed by atoms with Gasteiger partial charge in [0.2, 0.25) is 5.91 Å². The van der Waals surface area contributed by atoms with Crippen molar-refractivity contribution in [3.8, 4) is 6.07 Å². The van der Waals surface area contributed by atoms with Crippen LogP contribution in [0.15, 0.2) is 34.8 Å². The van der Waals surface area contributed by atoms with Gasteiger partial charge in [-0.05, 0) is 52.2 Å². The first-order chi connectivity index (χ1) is 18.2. The summed E-state index contributed by atoms with van der Waals surface area (Å²) in [5.74, 6) is -11.0. The van der Waals surface area contributed by atoms with Gasteiger partial charge in [-0.2, -0.15) is 19.1 Å². The number of carbonyl (C=O) groups is 1. The summed E-state index contributed by atoms with van der Waals surface area (Å²) in [6.45, 7) is -1.16. The molecule has 206 valence electrons. The number of carbonyl (C=O) groups excluding carboxylic acids is 1. The molecule has 1 amide bonds. The summed E-state index contributed by atoms with van der Waals surface area (Å²) < 4.78 is 113. The Morgan fingerprint density at radius 2 is 1.72 bits per heavy atom. The van der Waals surface area contributed by atoms with Crippen molar-refractivity contribution in [2.75, 3.05) is 0 Å². The molecule has 0 aliphatic heterocycles. The zero-order valence-corrected chi connectivity index (χ0v) is 21.1. The number of alkyl halides is 6. The van der Waals surface area contributed by atoms with E-state index < -0.39 is 78.2 Å². The lowest BCUT2D eigenvalue weighted by Gasteiger charge is -2.29. The second kappa shape index (κ2) is 10.6. The number of pyridine rings is 1. The van der Waals surface area contributed by atoms with E-state index in [0.29, 0.717) is 6.07 Å². The zero-order chi connectivity index (χ0) is 28.7. The average molecular weight is 622 g/mol. The topological polar surface area (TPSA) is 83.6 Å². The summed E-state index contributed by atoms with van der Waals surface area (Å²) in [6.07, 6.45) is -6.66. The molecule has 2 heterocycles. The van der Waals surface area contributed by atoms with Crippen LogP contribution >= 0.6 is 15.9 Å². The smallest absolute Gasteiger partial charge is 0.290 e. The Morgan fingerprint density at radius 1 is 1.08 bits per heavy atom. The van der Waals surface area contributed by atoms with E-state index in [0.717, 1.165) is 12.1 Å². The van der Waals surface area contributed by atoms with E-state index in [1.165, 1.54) is 12.1 Å². The van der Waals surface area contributed by atoms with Gasteiger partial charge in [-0.1, -0.05) is 0 Å². The molecule has 0 bridgehead atoms. The quantitative estimate of drug-likeness (QED) is 0.318. The standard InChI is InChI=1S/C24H16BrF8N5O/c25-15-2-1-14(9-34)35-19(15)16(7-11-5-12(26)8-13(27)6-11)36-17(39)10-38-21-18(20(37-38)22(28)29)23(30,31)3-4-24(21,32)33/h1-2,5-6,8,16,22H,3-4,7,10H2,(H,36,39)/t16-/m0/s1. The van der Waals surface area contributed by atoms with Crippen molar-refractivity contribution < 1.29 is 39.9 Å². The highest BCUT2D eigenvalue weighted by molar-refractivity contribution is 9.10. The fraction of sp³-hybridized carbons (Fsp3) is 0.333. The second-order valence-corrected chi connectivity index (χ2v) is 9.61. The maximum absolute atomic E-state index is 14.7. The average Bonchev–Trinajstić information content (AvgIpc) is 3.23. The first-order valence-corrected chi connectivity index (χ1v) is 12.0. The van der Waals surface area contributed by atoms with Gasteiger partial charge in [0.15, 0.2) is 0 Å². The summed E-state index contributed by atoms with van der Waals surface area (Å²) in [7, 11) is 0. The van der Waals surface area contributed by atoms with Gasteiger partial charge in [0.1, 0.15) is 41.3 Å². The van der Waals surface area contributed by atoms with Crippen LogP contribution in [0.5, 0.6) is 0 Å². The molecule has 0 saturated carbocycles. The first-order valence-electron chi connectivity index (χ1n) is 11.2. The van der Waals surface area contributed by atoms with Crippen molar-refractivity contribution in [1.82, 2.24) is 20.1 Å². The second-order valence-electron chi connectivity index (χ2n) is 8.75. The highest BCUT2D eigenvalue weighted by atomic mass is 79.9. The predicted molar refractivity (Wildman–Crippen MR) is 122 cm³/mol. The van der Waals surface area contributed by atoms with E-state index in [-0.39, 0.29) is 32.5 Å². The molecule has 0 fully saturated rings. The monoisotopic (exact) mass is 621 g/mol. The number of rotatable bonds is 7. The summed E-state index contributed by atoms with van der Waals surface area (Å²) >= 11 is 3.20. The molecule has 1 aromatic carbocycles. The summed E-state index contributed by atoms with van der Waals surface area (Å²) in [6, 6.07) is 5.83. The molecule has 39 heavy (non-hydrogen) atoms. The molecule has 3 aromatic rings. The third-order valence-corrected chi connectivity index (χ3v) is 6.63. The Labute approximate surface area is 223 Å². The molecule has 1 atom stereocenters. The molecule has 0 radical (unpaired) electrons. The molecule has 1 aliphatic carbocycles. The minimum Gasteiger partial charge on any atom is -0.346 e. The highest BCUT2D eigenvalue weighted by Gasteiger charge is 2.55. The number of nitrogens with zero attached hydrogens (tertiary/aromatic N) is 4. The molecular weight excluding hydrogens is 606 g/mol. The molecule has 0 spiro atoms. The number of nitrogens with one attached hydrogen (secondary N) is 1. The lowest BCUT2D eigenvalue weighted by molar-refractivity contribution is -0.123. The molecule has 0 saturated heterocycles. The molecule has 1 N–H and O–H groups in total. The van der Waals surface area contributed by atoms with Gasteiger partial charge in [-0.25, -0.2) is 31.3 Å². The SMILES string of the molecule is N#Cc1ccc(Br)c([C@H](Cc2cc(F)cc(F)c2)NC(=O)Cn2nc(C(F)F)c3c2C(F)(F)CCC3(F)F)n1. The number of halogens is 9. The number of nitriles is 1. The molecule has 1 aliphatic rings. The van der Waals surface area contributed by atoms with Crippen LogP contribution in [0.1, 0.15) is 59.2 Å². The minimum atomic E-state index is -4.02. The number of hydrogen-bond acceptors (Lipinski definition) is 4. The third kappa shape index (κ3) is 5.90. The highest BCUT2D eigenvalue weighted by Crippen LogP contribution is 2.52. The van der Waals surface area contributed by atoms with Crippen LogP contribution < -0.4 is 5.32 Å². The lowest BCUT2D eigenvalue weighted by atomic mass is 9.89. The Balaban J connectivity index is 1.72. The van der Waals surface area contributed by atoms with Gasteiger partial charge < -0.3 is 5.32 Å². The van der Waals surface area contributed by atoms with Crippen LogP contribution in [0.2, 0.25) is 0 Å². The minimum absolute atomic E-state index is 0.0136. The molecule has 4 rings (SSSR count). The lowest BCUT2D eigenvalue weighted by Crippen LogP contribution is -2.37. The summed E-state index contributed by atoms with van der Waals surface area (Å²) in [5, 5.41) is 14.8. The zero-order valence-electron chi connectivity index (χ0n) is 19.5.